The van der Waals surface area contributed by atoms with Crippen LogP contribution < -0.4 is 0 Å². The number of aliphatic imine (C=N–C) groups is 1. The predicted molar refractivity (Wildman–Crippen MR) is 75.8 cm³/mol. The summed E-state index contributed by atoms with van der Waals surface area (Å²) in [4.78, 5) is 8.43. The van der Waals surface area contributed by atoms with Crippen LogP contribution in [0.2, 0.25) is 0 Å². The van der Waals surface area contributed by atoms with Crippen LogP contribution in [0.5, 0.6) is 0 Å². The van der Waals surface area contributed by atoms with Gasteiger partial charge in [0.05, 0.1) is 11.4 Å². The highest BCUT2D eigenvalue weighted by Gasteiger charge is 2.02. The third kappa shape index (κ3) is 3.68. The summed E-state index contributed by atoms with van der Waals surface area (Å²) in [6, 6.07) is 3.84. The van der Waals surface area contributed by atoms with E-state index in [0.29, 0.717) is 5.70 Å². The number of allylic oxidation sites excluding steroid dienone is 3. The first-order chi connectivity index (χ1) is 8.19. The Bertz CT molecular complexity index is 493. The maximum absolute atomic E-state index is 4.28. The second-order valence-electron chi connectivity index (χ2n) is 3.39. The van der Waals surface area contributed by atoms with E-state index >= 15 is 0 Å². The summed E-state index contributed by atoms with van der Waals surface area (Å²) in [6.45, 7) is 13.2. The van der Waals surface area contributed by atoms with Gasteiger partial charge in [-0.2, -0.15) is 0 Å². The van der Waals surface area contributed by atoms with E-state index in [-0.39, 0.29) is 0 Å². The summed E-state index contributed by atoms with van der Waals surface area (Å²) in [5.41, 5.74) is 3.24. The highest BCUT2D eigenvalue weighted by Crippen LogP contribution is 2.17. The van der Waals surface area contributed by atoms with Gasteiger partial charge in [0.2, 0.25) is 0 Å². The standard InChI is InChI=1S/C15H16N2/c1-5-12(3)9-10-14-8-7-11-17-15(14)13(4)16-6-2/h5-11H,1,3-4H2,2H3/b10-9-,16-6-. The molecular formula is C15H16N2. The van der Waals surface area contributed by atoms with E-state index < -0.39 is 0 Å². The molecule has 0 fully saturated rings. The molecule has 2 nitrogen and oxygen atoms in total. The monoisotopic (exact) mass is 224 g/mol. The van der Waals surface area contributed by atoms with Crippen molar-refractivity contribution in [2.75, 3.05) is 0 Å². The molecule has 0 N–H and O–H groups in total. The van der Waals surface area contributed by atoms with Crippen LogP contribution in [0.25, 0.3) is 11.8 Å². The number of aromatic nitrogens is 1. The molecule has 0 unspecified atom stereocenters. The highest BCUT2D eigenvalue weighted by atomic mass is 14.8. The molecule has 0 bridgehead atoms. The molecular weight excluding hydrogens is 208 g/mol. The molecule has 1 aromatic rings. The molecule has 0 spiro atoms. The Kier molecular flexibility index (Phi) is 4.82. The predicted octanol–water partition coefficient (Wildman–Crippen LogP) is 3.90. The normalized spacial score (nSPS) is 10.9. The van der Waals surface area contributed by atoms with Crippen molar-refractivity contribution in [1.29, 1.82) is 0 Å². The minimum absolute atomic E-state index is 0.650. The fraction of sp³-hybridized carbons (Fsp3) is 0.0667. The van der Waals surface area contributed by atoms with Crippen molar-refractivity contribution in [3.63, 3.8) is 0 Å². The van der Waals surface area contributed by atoms with E-state index in [1.807, 2.05) is 31.2 Å². The molecule has 2 heteroatoms. The van der Waals surface area contributed by atoms with Crippen LogP contribution in [0.1, 0.15) is 18.2 Å². The summed E-state index contributed by atoms with van der Waals surface area (Å²) < 4.78 is 0. The van der Waals surface area contributed by atoms with E-state index in [0.717, 1.165) is 16.8 Å². The van der Waals surface area contributed by atoms with E-state index in [9.17, 15) is 0 Å². The van der Waals surface area contributed by atoms with Crippen LogP contribution in [0.4, 0.5) is 0 Å². The molecule has 86 valence electrons. The third-order valence-corrected chi connectivity index (χ3v) is 2.14. The van der Waals surface area contributed by atoms with Gasteiger partial charge < -0.3 is 0 Å². The van der Waals surface area contributed by atoms with Gasteiger partial charge in [-0.15, -0.1) is 0 Å². The summed E-state index contributed by atoms with van der Waals surface area (Å²) >= 11 is 0. The van der Waals surface area contributed by atoms with E-state index in [2.05, 4.69) is 29.7 Å². The first kappa shape index (κ1) is 12.8. The van der Waals surface area contributed by atoms with Gasteiger partial charge in [-0.25, -0.2) is 0 Å². The van der Waals surface area contributed by atoms with Crippen molar-refractivity contribution in [3.05, 3.63) is 67.0 Å². The average Bonchev–Trinajstić information content (AvgIpc) is 2.36. The van der Waals surface area contributed by atoms with Gasteiger partial charge in [0.1, 0.15) is 0 Å². The van der Waals surface area contributed by atoms with Crippen LogP contribution in [0.3, 0.4) is 0 Å². The molecule has 0 amide bonds. The Morgan fingerprint density at radius 1 is 1.41 bits per heavy atom. The lowest BCUT2D eigenvalue weighted by molar-refractivity contribution is 1.25. The lowest BCUT2D eigenvalue weighted by Crippen LogP contribution is -1.90. The lowest BCUT2D eigenvalue weighted by Gasteiger charge is -2.03. The summed E-state index contributed by atoms with van der Waals surface area (Å²) in [5, 5.41) is 0. The van der Waals surface area contributed by atoms with Crippen molar-refractivity contribution in [1.82, 2.24) is 4.98 Å². The number of rotatable bonds is 5. The molecule has 1 rings (SSSR count). The van der Waals surface area contributed by atoms with Crippen LogP contribution >= 0.6 is 0 Å². The maximum atomic E-state index is 4.28. The zero-order valence-electron chi connectivity index (χ0n) is 10.1. The number of hydrogen-bond donors (Lipinski definition) is 0. The van der Waals surface area contributed by atoms with E-state index in [4.69, 9.17) is 0 Å². The molecule has 0 aliphatic carbocycles. The minimum Gasteiger partial charge on any atom is -0.260 e. The van der Waals surface area contributed by atoms with Crippen molar-refractivity contribution in [2.24, 2.45) is 4.99 Å². The fourth-order valence-corrected chi connectivity index (χ4v) is 1.28. The molecule has 0 aromatic carbocycles. The van der Waals surface area contributed by atoms with Crippen LogP contribution in [0.15, 0.2) is 60.8 Å². The SMILES string of the molecule is C=CC(=C)/C=C\c1cccnc1C(=C)/N=C\C. The first-order valence-electron chi connectivity index (χ1n) is 5.31. The smallest absolute Gasteiger partial charge is 0.0952 e. The fourth-order valence-electron chi connectivity index (χ4n) is 1.28. The number of pyridine rings is 1. The number of nitrogens with zero attached hydrogens (tertiary/aromatic N) is 2. The highest BCUT2D eigenvalue weighted by molar-refractivity contribution is 5.75. The van der Waals surface area contributed by atoms with E-state index in [1.54, 1.807) is 18.5 Å². The molecule has 17 heavy (non-hydrogen) atoms. The summed E-state index contributed by atoms with van der Waals surface area (Å²) in [6.07, 6.45) is 8.95. The van der Waals surface area contributed by atoms with Crippen molar-refractivity contribution in [3.8, 4) is 0 Å². The zero-order chi connectivity index (χ0) is 12.7. The first-order valence-corrected chi connectivity index (χ1v) is 5.31. The van der Waals surface area contributed by atoms with Gasteiger partial charge in [-0.1, -0.05) is 44.0 Å². The Morgan fingerprint density at radius 3 is 2.82 bits per heavy atom. The largest absolute Gasteiger partial charge is 0.260 e. The van der Waals surface area contributed by atoms with Gasteiger partial charge in [-0.3, -0.25) is 9.98 Å². The Morgan fingerprint density at radius 2 is 2.18 bits per heavy atom. The van der Waals surface area contributed by atoms with Crippen LogP contribution in [-0.2, 0) is 0 Å². The summed E-state index contributed by atoms with van der Waals surface area (Å²) in [7, 11) is 0. The third-order valence-electron chi connectivity index (χ3n) is 2.14. The number of hydrogen-bond acceptors (Lipinski definition) is 2. The van der Waals surface area contributed by atoms with Gasteiger partial charge in [0.15, 0.2) is 0 Å². The molecule has 0 aliphatic heterocycles. The van der Waals surface area contributed by atoms with Crippen molar-refractivity contribution < 1.29 is 0 Å². The van der Waals surface area contributed by atoms with E-state index in [1.165, 1.54) is 0 Å². The molecule has 0 saturated heterocycles. The summed E-state index contributed by atoms with van der Waals surface area (Å²) in [5.74, 6) is 0. The van der Waals surface area contributed by atoms with Gasteiger partial charge in [0, 0.05) is 18.0 Å². The Hall–Kier alpha value is -2.22. The average molecular weight is 224 g/mol. The lowest BCUT2D eigenvalue weighted by atomic mass is 10.1. The topological polar surface area (TPSA) is 25.2 Å². The zero-order valence-corrected chi connectivity index (χ0v) is 10.1. The quantitative estimate of drug-likeness (QED) is 0.550. The van der Waals surface area contributed by atoms with Crippen molar-refractivity contribution in [2.45, 2.75) is 6.92 Å². The molecule has 0 radical (unpaired) electrons. The second-order valence-corrected chi connectivity index (χ2v) is 3.39. The van der Waals surface area contributed by atoms with Crippen LogP contribution in [0, 0.1) is 0 Å². The van der Waals surface area contributed by atoms with Gasteiger partial charge in [0.25, 0.3) is 0 Å². The minimum atomic E-state index is 0.650. The maximum Gasteiger partial charge on any atom is 0.0952 e. The molecule has 0 atom stereocenters. The Balaban J connectivity index is 3.08. The van der Waals surface area contributed by atoms with Gasteiger partial charge >= 0.3 is 0 Å². The second kappa shape index (κ2) is 6.38. The van der Waals surface area contributed by atoms with Crippen molar-refractivity contribution >= 4 is 18.0 Å². The molecule has 0 aliphatic rings. The van der Waals surface area contributed by atoms with Gasteiger partial charge in [-0.05, 0) is 18.6 Å². The molecule has 0 saturated carbocycles. The molecule has 1 aromatic heterocycles. The Labute approximate surface area is 102 Å². The molecule has 1 heterocycles. The van der Waals surface area contributed by atoms with Crippen LogP contribution in [-0.4, -0.2) is 11.2 Å².